The van der Waals surface area contributed by atoms with E-state index in [1.165, 1.54) is 31.7 Å². The van der Waals surface area contributed by atoms with Crippen LogP contribution in [0.25, 0.3) is 11.0 Å². The molecule has 2 N–H and O–H groups in total. The summed E-state index contributed by atoms with van der Waals surface area (Å²) < 4.78 is 15.4. The second-order valence-corrected chi connectivity index (χ2v) is 6.24. The maximum absolute atomic E-state index is 13.4. The van der Waals surface area contributed by atoms with Crippen LogP contribution in [0.2, 0.25) is 5.02 Å². The van der Waals surface area contributed by atoms with Gasteiger partial charge in [0.1, 0.15) is 5.82 Å². The van der Waals surface area contributed by atoms with Crippen molar-refractivity contribution in [3.63, 3.8) is 0 Å². The minimum absolute atomic E-state index is 0.116. The highest BCUT2D eigenvalue weighted by molar-refractivity contribution is 6.31. The Kier molecular flexibility index (Phi) is 2.93. The Labute approximate surface area is 116 Å². The van der Waals surface area contributed by atoms with Crippen LogP contribution in [0, 0.1) is 11.2 Å². The summed E-state index contributed by atoms with van der Waals surface area (Å²) in [4.78, 5) is 4.23. The third-order valence-electron chi connectivity index (χ3n) is 4.17. The quantitative estimate of drug-likeness (QED) is 0.904. The lowest BCUT2D eigenvalue weighted by Gasteiger charge is -2.24. The largest absolute Gasteiger partial charge is 0.369 e. The van der Waals surface area contributed by atoms with Gasteiger partial charge in [0.15, 0.2) is 0 Å². The van der Waals surface area contributed by atoms with Crippen LogP contribution >= 0.6 is 11.6 Å². The van der Waals surface area contributed by atoms with E-state index in [1.54, 1.807) is 6.07 Å². The maximum atomic E-state index is 13.4. The topological polar surface area (TPSA) is 43.8 Å². The van der Waals surface area contributed by atoms with Crippen LogP contribution in [-0.2, 0) is 6.54 Å². The van der Waals surface area contributed by atoms with Crippen LogP contribution in [0.5, 0.6) is 0 Å². The molecule has 1 fully saturated rings. The number of anilines is 1. The molecular weight excluding hydrogens is 265 g/mol. The maximum Gasteiger partial charge on any atom is 0.201 e. The van der Waals surface area contributed by atoms with Gasteiger partial charge in [-0.1, -0.05) is 31.4 Å². The molecule has 0 saturated heterocycles. The molecule has 19 heavy (non-hydrogen) atoms. The summed E-state index contributed by atoms with van der Waals surface area (Å²) in [6.45, 7) is 3.09. The minimum Gasteiger partial charge on any atom is -0.369 e. The molecule has 0 atom stereocenters. The summed E-state index contributed by atoms with van der Waals surface area (Å²) >= 11 is 5.86. The molecule has 102 valence electrons. The number of halogens is 2. The standard InChI is InChI=1S/C14H17ClFN3/c1-14(4-2-3-5-14)8-19-12-6-9(15)10(16)7-11(12)18-13(19)17/h6-7H,2-5,8H2,1H3,(H2,17,18). The van der Waals surface area contributed by atoms with Crippen LogP contribution < -0.4 is 5.73 Å². The van der Waals surface area contributed by atoms with Gasteiger partial charge in [0.2, 0.25) is 5.95 Å². The fourth-order valence-corrected chi connectivity index (χ4v) is 3.23. The molecule has 3 rings (SSSR count). The van der Waals surface area contributed by atoms with Crippen LogP contribution in [0.15, 0.2) is 12.1 Å². The van der Waals surface area contributed by atoms with Crippen molar-refractivity contribution < 1.29 is 4.39 Å². The monoisotopic (exact) mass is 281 g/mol. The number of nitrogen functional groups attached to an aromatic ring is 1. The summed E-state index contributed by atoms with van der Waals surface area (Å²) in [6, 6.07) is 2.97. The Morgan fingerprint density at radius 3 is 2.79 bits per heavy atom. The third kappa shape index (κ3) is 2.18. The fraction of sp³-hybridized carbons (Fsp3) is 0.500. The first kappa shape index (κ1) is 12.7. The van der Waals surface area contributed by atoms with E-state index in [1.807, 2.05) is 4.57 Å². The van der Waals surface area contributed by atoms with Crippen molar-refractivity contribution >= 4 is 28.6 Å². The number of aromatic nitrogens is 2. The van der Waals surface area contributed by atoms with E-state index in [-0.39, 0.29) is 10.4 Å². The van der Waals surface area contributed by atoms with Crippen LogP contribution in [0.4, 0.5) is 10.3 Å². The molecule has 2 aromatic rings. The van der Waals surface area contributed by atoms with Gasteiger partial charge in [0, 0.05) is 12.6 Å². The van der Waals surface area contributed by atoms with Crippen molar-refractivity contribution in [1.82, 2.24) is 9.55 Å². The molecule has 0 radical (unpaired) electrons. The molecule has 5 heteroatoms. The van der Waals surface area contributed by atoms with Crippen LogP contribution in [0.1, 0.15) is 32.6 Å². The van der Waals surface area contributed by atoms with Crippen molar-refractivity contribution in [3.8, 4) is 0 Å². The molecule has 1 aromatic heterocycles. The molecule has 3 nitrogen and oxygen atoms in total. The number of hydrogen-bond donors (Lipinski definition) is 1. The molecule has 0 amide bonds. The van der Waals surface area contributed by atoms with Gasteiger partial charge in [-0.25, -0.2) is 9.37 Å². The van der Waals surface area contributed by atoms with Crippen molar-refractivity contribution in [2.24, 2.45) is 5.41 Å². The summed E-state index contributed by atoms with van der Waals surface area (Å²) in [6.07, 6.45) is 4.92. The van der Waals surface area contributed by atoms with Gasteiger partial charge in [-0.2, -0.15) is 0 Å². The normalized spacial score (nSPS) is 18.3. The molecule has 1 saturated carbocycles. The second kappa shape index (κ2) is 4.37. The number of benzene rings is 1. The predicted molar refractivity (Wildman–Crippen MR) is 75.7 cm³/mol. The molecule has 1 aromatic carbocycles. The van der Waals surface area contributed by atoms with E-state index >= 15 is 0 Å². The lowest BCUT2D eigenvalue weighted by Crippen LogP contribution is -2.20. The highest BCUT2D eigenvalue weighted by atomic mass is 35.5. The second-order valence-electron chi connectivity index (χ2n) is 5.83. The number of nitrogens with zero attached hydrogens (tertiary/aromatic N) is 2. The third-order valence-corrected chi connectivity index (χ3v) is 4.46. The Hall–Kier alpha value is -1.29. The van der Waals surface area contributed by atoms with Crippen LogP contribution in [0.3, 0.4) is 0 Å². The highest BCUT2D eigenvalue weighted by Gasteiger charge is 2.30. The highest BCUT2D eigenvalue weighted by Crippen LogP contribution is 2.40. The molecule has 0 unspecified atom stereocenters. The predicted octanol–water partition coefficient (Wildman–Crippen LogP) is 3.99. The fourth-order valence-electron chi connectivity index (χ4n) is 3.07. The van der Waals surface area contributed by atoms with E-state index in [2.05, 4.69) is 11.9 Å². The van der Waals surface area contributed by atoms with Gasteiger partial charge in [-0.05, 0) is 24.3 Å². The average Bonchev–Trinajstić information content (AvgIpc) is 2.88. The van der Waals surface area contributed by atoms with Crippen LogP contribution in [-0.4, -0.2) is 9.55 Å². The summed E-state index contributed by atoms with van der Waals surface area (Å²) in [5.74, 6) is -0.0179. The smallest absolute Gasteiger partial charge is 0.201 e. The van der Waals surface area contributed by atoms with E-state index in [4.69, 9.17) is 17.3 Å². The van der Waals surface area contributed by atoms with Gasteiger partial charge in [-0.15, -0.1) is 0 Å². The zero-order valence-electron chi connectivity index (χ0n) is 10.9. The summed E-state index contributed by atoms with van der Waals surface area (Å²) in [5.41, 5.74) is 7.62. The molecule has 1 aliphatic carbocycles. The lowest BCUT2D eigenvalue weighted by molar-refractivity contribution is 0.287. The van der Waals surface area contributed by atoms with Gasteiger partial charge in [0.05, 0.1) is 16.1 Å². The lowest BCUT2D eigenvalue weighted by atomic mass is 9.89. The van der Waals surface area contributed by atoms with Gasteiger partial charge in [-0.3, -0.25) is 0 Å². The number of imidazole rings is 1. The Morgan fingerprint density at radius 2 is 2.11 bits per heavy atom. The number of hydrogen-bond acceptors (Lipinski definition) is 2. The Balaban J connectivity index is 2.07. The van der Waals surface area contributed by atoms with Crippen molar-refractivity contribution in [3.05, 3.63) is 23.0 Å². The first-order chi connectivity index (χ1) is 8.98. The average molecular weight is 282 g/mol. The zero-order valence-corrected chi connectivity index (χ0v) is 11.7. The molecule has 0 spiro atoms. The molecule has 0 aliphatic heterocycles. The van der Waals surface area contributed by atoms with Gasteiger partial charge < -0.3 is 10.3 Å². The minimum atomic E-state index is -0.453. The Bertz CT molecular complexity index is 629. The van der Waals surface area contributed by atoms with E-state index in [0.29, 0.717) is 11.5 Å². The first-order valence-corrected chi connectivity index (χ1v) is 6.97. The molecule has 1 aliphatic rings. The summed E-state index contributed by atoms with van der Waals surface area (Å²) in [5, 5.41) is 0.116. The number of nitrogens with two attached hydrogens (primary N) is 1. The van der Waals surface area contributed by atoms with E-state index in [0.717, 1.165) is 12.1 Å². The van der Waals surface area contributed by atoms with Gasteiger partial charge >= 0.3 is 0 Å². The van der Waals surface area contributed by atoms with E-state index < -0.39 is 5.82 Å². The first-order valence-electron chi connectivity index (χ1n) is 6.59. The van der Waals surface area contributed by atoms with Gasteiger partial charge in [0.25, 0.3) is 0 Å². The number of fused-ring (bicyclic) bond motifs is 1. The molecular formula is C14H17ClFN3. The Morgan fingerprint density at radius 1 is 1.42 bits per heavy atom. The van der Waals surface area contributed by atoms with Crippen molar-refractivity contribution in [1.29, 1.82) is 0 Å². The van der Waals surface area contributed by atoms with E-state index in [9.17, 15) is 4.39 Å². The molecule has 1 heterocycles. The summed E-state index contributed by atoms with van der Waals surface area (Å²) in [7, 11) is 0. The van der Waals surface area contributed by atoms with Crippen molar-refractivity contribution in [2.75, 3.05) is 5.73 Å². The SMILES string of the molecule is CC1(Cn2c(N)nc3cc(F)c(Cl)cc32)CCCC1. The zero-order chi connectivity index (χ0) is 13.6. The van der Waals surface area contributed by atoms with Crippen molar-refractivity contribution in [2.45, 2.75) is 39.2 Å². The number of rotatable bonds is 2. The molecule has 0 bridgehead atoms.